The molecule has 1 aliphatic rings. The first kappa shape index (κ1) is 20.2. The lowest BCUT2D eigenvalue weighted by atomic mass is 10.2. The number of hydrogen-bond donors (Lipinski definition) is 2. The Hall–Kier alpha value is -2.16. The summed E-state index contributed by atoms with van der Waals surface area (Å²) in [6, 6.07) is 7.54. The van der Waals surface area contributed by atoms with Crippen LogP contribution in [0.4, 0.5) is 0 Å². The minimum Gasteiger partial charge on any atom is -0.497 e. The summed E-state index contributed by atoms with van der Waals surface area (Å²) in [5.74, 6) is 1.57. The van der Waals surface area contributed by atoms with Crippen LogP contribution < -0.4 is 15.4 Å². The van der Waals surface area contributed by atoms with E-state index in [1.165, 1.54) is 0 Å². The number of hydrogen-bond acceptors (Lipinski definition) is 7. The minimum absolute atomic E-state index is 0. The van der Waals surface area contributed by atoms with Crippen molar-refractivity contribution in [2.75, 3.05) is 13.7 Å². The standard InChI is InChI=1S/C17H22N4O4.ClH/c1-23-13-5-2-4-12(8-13)10-24-11-15-20-16(25-21-15)9-19-17(22)14-6-3-7-18-14;/h2,4-5,8,14,18H,3,6-7,9-11H2,1H3,(H,19,22);1H. The molecule has 0 bridgehead atoms. The van der Waals surface area contributed by atoms with Crippen LogP contribution in [-0.2, 0) is 29.3 Å². The molecule has 3 rings (SSSR count). The van der Waals surface area contributed by atoms with E-state index < -0.39 is 0 Å². The summed E-state index contributed by atoms with van der Waals surface area (Å²) in [5.41, 5.74) is 0.999. The number of benzene rings is 1. The van der Waals surface area contributed by atoms with Gasteiger partial charge in [-0.05, 0) is 37.1 Å². The first-order chi connectivity index (χ1) is 12.2. The molecule has 0 spiro atoms. The molecule has 1 aromatic heterocycles. The van der Waals surface area contributed by atoms with Gasteiger partial charge in [0.1, 0.15) is 12.4 Å². The van der Waals surface area contributed by atoms with Crippen LogP contribution in [0.1, 0.15) is 30.1 Å². The van der Waals surface area contributed by atoms with E-state index in [1.54, 1.807) is 7.11 Å². The predicted molar refractivity (Wildman–Crippen MR) is 95.9 cm³/mol. The number of methoxy groups -OCH3 is 1. The van der Waals surface area contributed by atoms with Crippen molar-refractivity contribution >= 4 is 18.3 Å². The van der Waals surface area contributed by atoms with Gasteiger partial charge in [-0.1, -0.05) is 17.3 Å². The van der Waals surface area contributed by atoms with Crippen LogP contribution in [-0.4, -0.2) is 35.7 Å². The van der Waals surface area contributed by atoms with Crippen molar-refractivity contribution in [3.05, 3.63) is 41.5 Å². The summed E-state index contributed by atoms with van der Waals surface area (Å²) >= 11 is 0. The predicted octanol–water partition coefficient (Wildman–Crippen LogP) is 1.58. The molecular formula is C17H23ClN4O4. The van der Waals surface area contributed by atoms with Crippen LogP contribution in [0, 0.1) is 0 Å². The molecule has 0 aliphatic carbocycles. The maximum atomic E-state index is 11.9. The number of nitrogens with zero attached hydrogens (tertiary/aromatic N) is 2. The fourth-order valence-electron chi connectivity index (χ4n) is 2.64. The van der Waals surface area contributed by atoms with Gasteiger partial charge >= 0.3 is 0 Å². The van der Waals surface area contributed by atoms with E-state index >= 15 is 0 Å². The molecule has 8 nitrogen and oxygen atoms in total. The summed E-state index contributed by atoms with van der Waals surface area (Å²) in [5, 5.41) is 9.79. The Bertz CT molecular complexity index is 704. The normalized spacial score (nSPS) is 16.1. The lowest BCUT2D eigenvalue weighted by molar-refractivity contribution is -0.123. The van der Waals surface area contributed by atoms with E-state index in [-0.39, 0.29) is 37.5 Å². The number of ether oxygens (including phenoxy) is 2. The molecule has 1 fully saturated rings. The van der Waals surface area contributed by atoms with E-state index in [0.717, 1.165) is 30.7 Å². The van der Waals surface area contributed by atoms with Crippen molar-refractivity contribution < 1.29 is 18.8 Å². The van der Waals surface area contributed by atoms with Crippen molar-refractivity contribution in [1.29, 1.82) is 0 Å². The molecule has 142 valence electrons. The fourth-order valence-corrected chi connectivity index (χ4v) is 2.64. The van der Waals surface area contributed by atoms with E-state index in [4.69, 9.17) is 14.0 Å². The highest BCUT2D eigenvalue weighted by Gasteiger charge is 2.22. The summed E-state index contributed by atoms with van der Waals surface area (Å²) in [6.45, 7) is 1.76. The number of halogens is 1. The molecule has 1 aromatic carbocycles. The van der Waals surface area contributed by atoms with Crippen LogP contribution >= 0.6 is 12.4 Å². The number of carbonyl (C=O) groups is 1. The zero-order valence-electron chi connectivity index (χ0n) is 14.6. The second kappa shape index (κ2) is 10.1. The lowest BCUT2D eigenvalue weighted by Crippen LogP contribution is -2.40. The maximum absolute atomic E-state index is 11.9. The van der Waals surface area contributed by atoms with Gasteiger partial charge in [0.15, 0.2) is 5.82 Å². The molecule has 0 saturated carbocycles. The van der Waals surface area contributed by atoms with E-state index in [9.17, 15) is 4.79 Å². The Kier molecular flexibility index (Phi) is 7.83. The molecule has 2 aromatic rings. The average molecular weight is 383 g/mol. The summed E-state index contributed by atoms with van der Waals surface area (Å²) in [4.78, 5) is 16.1. The van der Waals surface area contributed by atoms with Crippen molar-refractivity contribution in [3.8, 4) is 5.75 Å². The quantitative estimate of drug-likeness (QED) is 0.715. The third-order valence-corrected chi connectivity index (χ3v) is 3.93. The van der Waals surface area contributed by atoms with E-state index in [2.05, 4.69) is 20.8 Å². The molecule has 9 heteroatoms. The van der Waals surface area contributed by atoms with Crippen molar-refractivity contribution in [1.82, 2.24) is 20.8 Å². The second-order valence-corrected chi connectivity index (χ2v) is 5.82. The zero-order chi connectivity index (χ0) is 17.5. The first-order valence-electron chi connectivity index (χ1n) is 8.28. The second-order valence-electron chi connectivity index (χ2n) is 5.82. The van der Waals surface area contributed by atoms with Crippen LogP contribution in [0.3, 0.4) is 0 Å². The van der Waals surface area contributed by atoms with Crippen LogP contribution in [0.5, 0.6) is 5.75 Å². The van der Waals surface area contributed by atoms with Gasteiger partial charge in [0.2, 0.25) is 11.8 Å². The summed E-state index contributed by atoms with van der Waals surface area (Å²) in [7, 11) is 1.63. The number of nitrogens with one attached hydrogen (secondary N) is 2. The van der Waals surface area contributed by atoms with Gasteiger partial charge < -0.3 is 24.6 Å². The molecule has 1 atom stereocenters. The highest BCUT2D eigenvalue weighted by atomic mass is 35.5. The van der Waals surface area contributed by atoms with Gasteiger partial charge in [0.25, 0.3) is 0 Å². The van der Waals surface area contributed by atoms with E-state index in [1.807, 2.05) is 24.3 Å². The molecular weight excluding hydrogens is 360 g/mol. The molecule has 1 saturated heterocycles. The highest BCUT2D eigenvalue weighted by Crippen LogP contribution is 2.13. The Morgan fingerprint density at radius 3 is 3.08 bits per heavy atom. The average Bonchev–Trinajstić information content (AvgIpc) is 3.32. The minimum atomic E-state index is -0.117. The van der Waals surface area contributed by atoms with Crippen LogP contribution in [0.25, 0.3) is 0 Å². The zero-order valence-corrected chi connectivity index (χ0v) is 15.4. The first-order valence-corrected chi connectivity index (χ1v) is 8.28. The van der Waals surface area contributed by atoms with Gasteiger partial charge in [-0.3, -0.25) is 4.79 Å². The SMILES string of the molecule is COc1cccc(COCc2noc(CNC(=O)C3CCCN3)n2)c1.Cl. The van der Waals surface area contributed by atoms with Gasteiger partial charge in [-0.2, -0.15) is 4.98 Å². The van der Waals surface area contributed by atoms with Crippen LogP contribution in [0.2, 0.25) is 0 Å². The van der Waals surface area contributed by atoms with Crippen molar-refractivity contribution in [2.45, 2.75) is 38.6 Å². The van der Waals surface area contributed by atoms with Gasteiger partial charge in [-0.15, -0.1) is 12.4 Å². The number of aromatic nitrogens is 2. The largest absolute Gasteiger partial charge is 0.497 e. The number of rotatable bonds is 8. The number of amides is 1. The topological polar surface area (TPSA) is 98.5 Å². The Morgan fingerprint density at radius 2 is 2.31 bits per heavy atom. The maximum Gasteiger partial charge on any atom is 0.246 e. The van der Waals surface area contributed by atoms with Gasteiger partial charge in [0, 0.05) is 0 Å². The van der Waals surface area contributed by atoms with Crippen LogP contribution in [0.15, 0.2) is 28.8 Å². The smallest absolute Gasteiger partial charge is 0.246 e. The third kappa shape index (κ3) is 5.69. The Morgan fingerprint density at radius 1 is 1.42 bits per heavy atom. The van der Waals surface area contributed by atoms with Gasteiger partial charge in [-0.25, -0.2) is 0 Å². The molecule has 1 aliphatic heterocycles. The van der Waals surface area contributed by atoms with Crippen molar-refractivity contribution in [2.24, 2.45) is 0 Å². The fraction of sp³-hybridized carbons (Fsp3) is 0.471. The molecule has 1 unspecified atom stereocenters. The molecule has 26 heavy (non-hydrogen) atoms. The monoisotopic (exact) mass is 382 g/mol. The summed E-state index contributed by atoms with van der Waals surface area (Å²) in [6.07, 6.45) is 1.88. The van der Waals surface area contributed by atoms with Crippen molar-refractivity contribution in [3.63, 3.8) is 0 Å². The molecule has 2 N–H and O–H groups in total. The lowest BCUT2D eigenvalue weighted by Gasteiger charge is -2.08. The Balaban J connectivity index is 0.00000243. The molecule has 0 radical (unpaired) electrons. The van der Waals surface area contributed by atoms with Gasteiger partial charge in [0.05, 0.1) is 26.3 Å². The van der Waals surface area contributed by atoms with E-state index in [0.29, 0.717) is 18.3 Å². The Labute approximate surface area is 158 Å². The molecule has 2 heterocycles. The number of carbonyl (C=O) groups excluding carboxylic acids is 1. The summed E-state index contributed by atoms with van der Waals surface area (Å²) < 4.78 is 15.9. The third-order valence-electron chi connectivity index (χ3n) is 3.93. The highest BCUT2D eigenvalue weighted by molar-refractivity contribution is 5.85. The molecule has 1 amide bonds.